The monoisotopic (exact) mass is 304 g/mol. The quantitative estimate of drug-likeness (QED) is 0.678. The van der Waals surface area contributed by atoms with Gasteiger partial charge in [-0.3, -0.25) is 14.9 Å². The molecule has 1 atom stereocenters. The standard InChI is InChI=1S/C12H20N4O3.ClH/c1-8-6-13-4-5-15(8)9(17)7-16-11(19)14-10(18)12(16,2)3;/h8,13H,4-7H2,1-3H3,(H,14,18,19);1H. The number of hydrogen-bond acceptors (Lipinski definition) is 4. The molecule has 0 aliphatic carbocycles. The summed E-state index contributed by atoms with van der Waals surface area (Å²) < 4.78 is 0. The maximum atomic E-state index is 12.3. The molecule has 7 nitrogen and oxygen atoms in total. The van der Waals surface area contributed by atoms with Crippen molar-refractivity contribution in [2.75, 3.05) is 26.2 Å². The second-order valence-electron chi connectivity index (χ2n) is 5.54. The van der Waals surface area contributed by atoms with Crippen molar-refractivity contribution < 1.29 is 14.4 Å². The zero-order valence-electron chi connectivity index (χ0n) is 11.9. The van der Waals surface area contributed by atoms with Gasteiger partial charge in [-0.25, -0.2) is 4.79 Å². The molecule has 1 unspecified atom stereocenters. The van der Waals surface area contributed by atoms with E-state index >= 15 is 0 Å². The molecule has 2 fully saturated rings. The third kappa shape index (κ3) is 2.88. The zero-order chi connectivity index (χ0) is 14.2. The Hall–Kier alpha value is -1.34. The predicted molar refractivity (Wildman–Crippen MR) is 75.6 cm³/mol. The lowest BCUT2D eigenvalue weighted by Gasteiger charge is -2.36. The largest absolute Gasteiger partial charge is 0.336 e. The first-order valence-electron chi connectivity index (χ1n) is 6.47. The molecule has 2 aliphatic heterocycles. The Kier molecular flexibility index (Phi) is 4.99. The number of carbonyl (C=O) groups is 3. The van der Waals surface area contributed by atoms with Crippen LogP contribution in [0, 0.1) is 0 Å². The Labute approximate surface area is 124 Å². The molecular formula is C12H21ClN4O3. The second-order valence-corrected chi connectivity index (χ2v) is 5.54. The van der Waals surface area contributed by atoms with Gasteiger partial charge in [0.1, 0.15) is 12.1 Å². The van der Waals surface area contributed by atoms with Crippen LogP contribution in [0.5, 0.6) is 0 Å². The van der Waals surface area contributed by atoms with Crippen molar-refractivity contribution >= 4 is 30.3 Å². The van der Waals surface area contributed by atoms with E-state index in [9.17, 15) is 14.4 Å². The molecule has 2 aliphatic rings. The first-order valence-corrected chi connectivity index (χ1v) is 6.47. The SMILES string of the molecule is CC1CNCCN1C(=O)CN1C(=O)NC(=O)C1(C)C.Cl. The molecule has 0 spiro atoms. The van der Waals surface area contributed by atoms with E-state index in [1.807, 2.05) is 6.92 Å². The molecule has 0 saturated carbocycles. The minimum absolute atomic E-state index is 0. The van der Waals surface area contributed by atoms with Crippen molar-refractivity contribution in [3.05, 3.63) is 0 Å². The van der Waals surface area contributed by atoms with Gasteiger partial charge in [-0.1, -0.05) is 0 Å². The van der Waals surface area contributed by atoms with E-state index in [1.54, 1.807) is 18.7 Å². The van der Waals surface area contributed by atoms with Gasteiger partial charge in [0, 0.05) is 25.7 Å². The molecule has 2 N–H and O–H groups in total. The summed E-state index contributed by atoms with van der Waals surface area (Å²) in [5, 5.41) is 5.45. The molecule has 4 amide bonds. The van der Waals surface area contributed by atoms with E-state index in [0.29, 0.717) is 6.54 Å². The van der Waals surface area contributed by atoms with E-state index in [0.717, 1.165) is 13.1 Å². The molecule has 0 aromatic carbocycles. The van der Waals surface area contributed by atoms with E-state index < -0.39 is 11.6 Å². The molecule has 0 radical (unpaired) electrons. The van der Waals surface area contributed by atoms with Crippen LogP contribution in [0.3, 0.4) is 0 Å². The number of halogens is 1. The number of amides is 4. The summed E-state index contributed by atoms with van der Waals surface area (Å²) in [5.74, 6) is -0.481. The average molecular weight is 305 g/mol. The van der Waals surface area contributed by atoms with Crippen LogP contribution >= 0.6 is 12.4 Å². The van der Waals surface area contributed by atoms with Crippen LogP contribution in [0.1, 0.15) is 20.8 Å². The van der Waals surface area contributed by atoms with Gasteiger partial charge >= 0.3 is 6.03 Å². The number of nitrogens with zero attached hydrogens (tertiary/aromatic N) is 2. The fraction of sp³-hybridized carbons (Fsp3) is 0.750. The maximum absolute atomic E-state index is 12.3. The third-order valence-corrected chi connectivity index (χ3v) is 3.81. The van der Waals surface area contributed by atoms with Gasteiger partial charge in [0.25, 0.3) is 5.91 Å². The second kappa shape index (κ2) is 5.97. The van der Waals surface area contributed by atoms with E-state index in [-0.39, 0.29) is 36.8 Å². The van der Waals surface area contributed by atoms with E-state index in [4.69, 9.17) is 0 Å². The van der Waals surface area contributed by atoms with Crippen molar-refractivity contribution in [2.45, 2.75) is 32.4 Å². The minimum atomic E-state index is -0.968. The van der Waals surface area contributed by atoms with Crippen LogP contribution in [0.4, 0.5) is 4.79 Å². The molecule has 2 heterocycles. The van der Waals surface area contributed by atoms with E-state index in [2.05, 4.69) is 10.6 Å². The van der Waals surface area contributed by atoms with Crippen LogP contribution in [0.15, 0.2) is 0 Å². The summed E-state index contributed by atoms with van der Waals surface area (Å²) in [6.07, 6.45) is 0. The number of piperazine rings is 1. The third-order valence-electron chi connectivity index (χ3n) is 3.81. The van der Waals surface area contributed by atoms with Gasteiger partial charge in [0.05, 0.1) is 0 Å². The normalized spacial score (nSPS) is 25.2. The van der Waals surface area contributed by atoms with Crippen LogP contribution in [0.2, 0.25) is 0 Å². The first-order chi connectivity index (χ1) is 8.84. The number of rotatable bonds is 2. The topological polar surface area (TPSA) is 81.8 Å². The Morgan fingerprint density at radius 2 is 2.05 bits per heavy atom. The van der Waals surface area contributed by atoms with Gasteiger partial charge < -0.3 is 15.1 Å². The lowest BCUT2D eigenvalue weighted by Crippen LogP contribution is -2.56. The van der Waals surface area contributed by atoms with Gasteiger partial charge in [-0.15, -0.1) is 12.4 Å². The highest BCUT2D eigenvalue weighted by Crippen LogP contribution is 2.21. The van der Waals surface area contributed by atoms with Crippen LogP contribution in [0.25, 0.3) is 0 Å². The molecule has 2 saturated heterocycles. The molecule has 0 aromatic rings. The van der Waals surface area contributed by atoms with Crippen molar-refractivity contribution in [2.24, 2.45) is 0 Å². The van der Waals surface area contributed by atoms with Crippen LogP contribution in [-0.4, -0.2) is 65.4 Å². The van der Waals surface area contributed by atoms with Crippen molar-refractivity contribution in [3.8, 4) is 0 Å². The van der Waals surface area contributed by atoms with Gasteiger partial charge in [-0.05, 0) is 20.8 Å². The lowest BCUT2D eigenvalue weighted by atomic mass is 10.0. The number of nitrogens with one attached hydrogen (secondary N) is 2. The number of urea groups is 1. The number of carbonyl (C=O) groups excluding carboxylic acids is 3. The lowest BCUT2D eigenvalue weighted by molar-refractivity contribution is -0.136. The molecule has 0 aromatic heterocycles. The summed E-state index contributed by atoms with van der Waals surface area (Å²) in [4.78, 5) is 38.7. The molecule has 0 bridgehead atoms. The first kappa shape index (κ1) is 16.7. The van der Waals surface area contributed by atoms with Gasteiger partial charge in [-0.2, -0.15) is 0 Å². The molecular weight excluding hydrogens is 284 g/mol. The van der Waals surface area contributed by atoms with Crippen LogP contribution < -0.4 is 10.6 Å². The Bertz CT molecular complexity index is 427. The van der Waals surface area contributed by atoms with Gasteiger partial charge in [0.2, 0.25) is 5.91 Å². The number of imide groups is 1. The molecule has 2 rings (SSSR count). The zero-order valence-corrected chi connectivity index (χ0v) is 12.7. The van der Waals surface area contributed by atoms with Crippen molar-refractivity contribution in [1.82, 2.24) is 20.4 Å². The highest BCUT2D eigenvalue weighted by atomic mass is 35.5. The smallest absolute Gasteiger partial charge is 0.325 e. The number of hydrogen-bond donors (Lipinski definition) is 2. The summed E-state index contributed by atoms with van der Waals surface area (Å²) in [7, 11) is 0. The maximum Gasteiger partial charge on any atom is 0.325 e. The minimum Gasteiger partial charge on any atom is -0.336 e. The van der Waals surface area contributed by atoms with Crippen LogP contribution in [-0.2, 0) is 9.59 Å². The fourth-order valence-electron chi connectivity index (χ4n) is 2.40. The molecule has 20 heavy (non-hydrogen) atoms. The summed E-state index contributed by atoms with van der Waals surface area (Å²) in [6, 6.07) is -0.392. The van der Waals surface area contributed by atoms with Crippen molar-refractivity contribution in [3.63, 3.8) is 0 Å². The van der Waals surface area contributed by atoms with Gasteiger partial charge in [0.15, 0.2) is 0 Å². The Morgan fingerprint density at radius 3 is 2.55 bits per heavy atom. The Morgan fingerprint density at radius 1 is 1.40 bits per heavy atom. The summed E-state index contributed by atoms with van der Waals surface area (Å²) >= 11 is 0. The fourth-order valence-corrected chi connectivity index (χ4v) is 2.40. The Balaban J connectivity index is 0.00000200. The molecule has 8 heteroatoms. The summed E-state index contributed by atoms with van der Waals surface area (Å²) in [5.41, 5.74) is -0.968. The van der Waals surface area contributed by atoms with E-state index in [1.165, 1.54) is 4.90 Å². The summed E-state index contributed by atoms with van der Waals surface area (Å²) in [6.45, 7) is 7.32. The predicted octanol–water partition coefficient (Wildman–Crippen LogP) is -0.441. The average Bonchev–Trinajstić information content (AvgIpc) is 2.52. The van der Waals surface area contributed by atoms with Crippen molar-refractivity contribution in [1.29, 1.82) is 0 Å². The molecule has 114 valence electrons. The highest BCUT2D eigenvalue weighted by Gasteiger charge is 2.46. The highest BCUT2D eigenvalue weighted by molar-refractivity contribution is 6.07.